The number of aliphatic hydroxyl groups is 1. The monoisotopic (exact) mass is 317 g/mol. The minimum atomic E-state index is -0.496. The molecule has 23 heavy (non-hydrogen) atoms. The van der Waals surface area contributed by atoms with Gasteiger partial charge >= 0.3 is 0 Å². The van der Waals surface area contributed by atoms with Crippen LogP contribution in [0, 0.1) is 11.3 Å². The number of nitriles is 1. The molecule has 2 rings (SSSR count). The summed E-state index contributed by atoms with van der Waals surface area (Å²) in [5.74, 6) is -0.0448. The van der Waals surface area contributed by atoms with Crippen LogP contribution < -0.4 is 0 Å². The van der Waals surface area contributed by atoms with E-state index in [1.807, 2.05) is 6.92 Å². The molecule has 1 N–H and O–H groups in total. The SMILES string of the molecule is CCOC[C@H](O)CN1CCN(C(=O)c2cccc(C#N)c2)CC1. The normalized spacial score (nSPS) is 16.8. The molecular formula is C17H23N3O3. The summed E-state index contributed by atoms with van der Waals surface area (Å²) in [5.41, 5.74) is 1.04. The number of β-amino-alcohol motifs (C(OH)–C–C–N with tert-alkyl or cyclic N) is 1. The van der Waals surface area contributed by atoms with Gasteiger partial charge < -0.3 is 14.7 Å². The van der Waals surface area contributed by atoms with E-state index in [9.17, 15) is 9.90 Å². The van der Waals surface area contributed by atoms with Crippen LogP contribution in [0.2, 0.25) is 0 Å². The summed E-state index contributed by atoms with van der Waals surface area (Å²) in [4.78, 5) is 16.4. The average Bonchev–Trinajstić information content (AvgIpc) is 2.60. The van der Waals surface area contributed by atoms with Crippen LogP contribution >= 0.6 is 0 Å². The Hall–Kier alpha value is -1.94. The molecule has 0 unspecified atom stereocenters. The number of carbonyl (C=O) groups excluding carboxylic acids is 1. The van der Waals surface area contributed by atoms with Crippen molar-refractivity contribution in [3.63, 3.8) is 0 Å². The van der Waals surface area contributed by atoms with Crippen LogP contribution in [0.1, 0.15) is 22.8 Å². The van der Waals surface area contributed by atoms with Gasteiger partial charge in [-0.25, -0.2) is 0 Å². The molecule has 0 radical (unpaired) electrons. The minimum absolute atomic E-state index is 0.0448. The van der Waals surface area contributed by atoms with Gasteiger partial charge in [0.05, 0.1) is 24.3 Å². The van der Waals surface area contributed by atoms with E-state index in [-0.39, 0.29) is 5.91 Å². The van der Waals surface area contributed by atoms with Gasteiger partial charge in [-0.3, -0.25) is 9.69 Å². The number of benzene rings is 1. The van der Waals surface area contributed by atoms with Crippen LogP contribution in [-0.2, 0) is 4.74 Å². The summed E-state index contributed by atoms with van der Waals surface area (Å²) >= 11 is 0. The number of carbonyl (C=O) groups is 1. The maximum atomic E-state index is 12.5. The van der Waals surface area contributed by atoms with E-state index in [4.69, 9.17) is 10.00 Å². The van der Waals surface area contributed by atoms with Crippen molar-refractivity contribution in [2.24, 2.45) is 0 Å². The quantitative estimate of drug-likeness (QED) is 0.836. The zero-order valence-electron chi connectivity index (χ0n) is 13.4. The smallest absolute Gasteiger partial charge is 0.253 e. The second-order valence-corrected chi connectivity index (χ2v) is 5.60. The Kier molecular flexibility index (Phi) is 6.53. The predicted molar refractivity (Wildman–Crippen MR) is 86.0 cm³/mol. The van der Waals surface area contributed by atoms with Gasteiger partial charge in [0, 0.05) is 44.9 Å². The lowest BCUT2D eigenvalue weighted by molar-refractivity contribution is 0.0111. The fourth-order valence-electron chi connectivity index (χ4n) is 2.64. The molecule has 1 aliphatic rings. The molecule has 0 saturated carbocycles. The van der Waals surface area contributed by atoms with Crippen molar-refractivity contribution in [3.8, 4) is 6.07 Å². The summed E-state index contributed by atoms with van der Waals surface area (Å²) in [6.07, 6.45) is -0.496. The van der Waals surface area contributed by atoms with Gasteiger partial charge in [0.15, 0.2) is 0 Å². The van der Waals surface area contributed by atoms with Crippen molar-refractivity contribution >= 4 is 5.91 Å². The first-order valence-electron chi connectivity index (χ1n) is 7.91. The van der Waals surface area contributed by atoms with Gasteiger partial charge in [0.2, 0.25) is 0 Å². The van der Waals surface area contributed by atoms with E-state index in [2.05, 4.69) is 11.0 Å². The van der Waals surface area contributed by atoms with Crippen LogP contribution in [0.5, 0.6) is 0 Å². The highest BCUT2D eigenvalue weighted by Crippen LogP contribution is 2.11. The van der Waals surface area contributed by atoms with Crippen molar-refractivity contribution in [2.45, 2.75) is 13.0 Å². The summed E-state index contributed by atoms with van der Waals surface area (Å²) in [5, 5.41) is 18.8. The molecule has 1 amide bonds. The number of rotatable bonds is 6. The van der Waals surface area contributed by atoms with Gasteiger partial charge in [-0.1, -0.05) is 6.07 Å². The molecule has 0 aromatic heterocycles. The first-order chi connectivity index (χ1) is 11.1. The summed E-state index contributed by atoms with van der Waals surface area (Å²) < 4.78 is 5.21. The maximum Gasteiger partial charge on any atom is 0.253 e. The third-order valence-corrected chi connectivity index (χ3v) is 3.88. The number of hydrogen-bond acceptors (Lipinski definition) is 5. The highest BCUT2D eigenvalue weighted by atomic mass is 16.5. The molecule has 6 nitrogen and oxygen atoms in total. The molecule has 0 spiro atoms. The molecule has 124 valence electrons. The molecule has 0 aliphatic carbocycles. The van der Waals surface area contributed by atoms with Gasteiger partial charge in [0.25, 0.3) is 5.91 Å². The van der Waals surface area contributed by atoms with E-state index in [1.165, 1.54) is 0 Å². The van der Waals surface area contributed by atoms with Gasteiger partial charge in [-0.05, 0) is 25.1 Å². The molecule has 0 bridgehead atoms. The highest BCUT2D eigenvalue weighted by molar-refractivity contribution is 5.94. The van der Waals surface area contributed by atoms with Crippen molar-refractivity contribution in [1.82, 2.24) is 9.80 Å². The minimum Gasteiger partial charge on any atom is -0.389 e. The molecule has 6 heteroatoms. The number of ether oxygens (including phenoxy) is 1. The first-order valence-corrected chi connectivity index (χ1v) is 7.91. The van der Waals surface area contributed by atoms with Gasteiger partial charge in [-0.2, -0.15) is 5.26 Å². The Morgan fingerprint density at radius 3 is 2.78 bits per heavy atom. The van der Waals surface area contributed by atoms with Crippen LogP contribution in [0.15, 0.2) is 24.3 Å². The zero-order chi connectivity index (χ0) is 16.7. The van der Waals surface area contributed by atoms with E-state index in [1.54, 1.807) is 29.2 Å². The Balaban J connectivity index is 1.84. The molecule has 1 heterocycles. The topological polar surface area (TPSA) is 76.8 Å². The lowest BCUT2D eigenvalue weighted by Gasteiger charge is -2.35. The molecular weight excluding hydrogens is 294 g/mol. The Labute approximate surface area is 136 Å². The van der Waals surface area contributed by atoms with Crippen LogP contribution in [-0.4, -0.2) is 72.9 Å². The average molecular weight is 317 g/mol. The molecule has 1 atom stereocenters. The third kappa shape index (κ3) is 5.03. The fraction of sp³-hybridized carbons (Fsp3) is 0.529. The number of piperazine rings is 1. The molecule has 1 fully saturated rings. The Bertz CT molecular complexity index is 562. The highest BCUT2D eigenvalue weighted by Gasteiger charge is 2.23. The van der Waals surface area contributed by atoms with Gasteiger partial charge in [0.1, 0.15) is 0 Å². The summed E-state index contributed by atoms with van der Waals surface area (Å²) in [7, 11) is 0. The summed E-state index contributed by atoms with van der Waals surface area (Å²) in [6.45, 7) is 6.11. The third-order valence-electron chi connectivity index (χ3n) is 3.88. The second-order valence-electron chi connectivity index (χ2n) is 5.60. The van der Waals surface area contributed by atoms with Crippen molar-refractivity contribution in [1.29, 1.82) is 5.26 Å². The number of nitrogens with zero attached hydrogens (tertiary/aromatic N) is 3. The number of aliphatic hydroxyl groups excluding tert-OH is 1. The van der Waals surface area contributed by atoms with E-state index in [0.717, 1.165) is 13.1 Å². The lowest BCUT2D eigenvalue weighted by atomic mass is 10.1. The molecule has 1 aromatic rings. The number of amides is 1. The van der Waals surface area contributed by atoms with E-state index < -0.39 is 6.10 Å². The Morgan fingerprint density at radius 2 is 2.13 bits per heavy atom. The zero-order valence-corrected chi connectivity index (χ0v) is 13.4. The van der Waals surface area contributed by atoms with Crippen LogP contribution in [0.4, 0.5) is 0 Å². The van der Waals surface area contributed by atoms with E-state index in [0.29, 0.717) is 44.0 Å². The Morgan fingerprint density at radius 1 is 1.39 bits per heavy atom. The van der Waals surface area contributed by atoms with Crippen molar-refractivity contribution in [2.75, 3.05) is 45.9 Å². The van der Waals surface area contributed by atoms with Crippen molar-refractivity contribution < 1.29 is 14.6 Å². The summed E-state index contributed by atoms with van der Waals surface area (Å²) in [6, 6.07) is 8.83. The first kappa shape index (κ1) is 17.4. The standard InChI is InChI=1S/C17H23N3O3/c1-2-23-13-16(21)12-19-6-8-20(9-7-19)17(22)15-5-3-4-14(10-15)11-18/h3-5,10,16,21H,2,6-9,12-13H2,1H3/t16-/m1/s1. The van der Waals surface area contributed by atoms with E-state index >= 15 is 0 Å². The largest absolute Gasteiger partial charge is 0.389 e. The van der Waals surface area contributed by atoms with Crippen molar-refractivity contribution in [3.05, 3.63) is 35.4 Å². The predicted octanol–water partition coefficient (Wildman–Crippen LogP) is 0.713. The van der Waals surface area contributed by atoms with Crippen LogP contribution in [0.25, 0.3) is 0 Å². The molecule has 1 aromatic carbocycles. The molecule has 1 aliphatic heterocycles. The van der Waals surface area contributed by atoms with Crippen LogP contribution in [0.3, 0.4) is 0 Å². The van der Waals surface area contributed by atoms with Gasteiger partial charge in [-0.15, -0.1) is 0 Å². The molecule has 1 saturated heterocycles. The maximum absolute atomic E-state index is 12.5. The number of hydrogen-bond donors (Lipinski definition) is 1. The lowest BCUT2D eigenvalue weighted by Crippen LogP contribution is -2.50. The fourth-order valence-corrected chi connectivity index (χ4v) is 2.64. The second kappa shape index (κ2) is 8.63.